The van der Waals surface area contributed by atoms with Crippen molar-refractivity contribution < 1.29 is 9.90 Å². The van der Waals surface area contributed by atoms with Crippen LogP contribution in [-0.4, -0.2) is 30.3 Å². The average molecular weight is 171 g/mol. The predicted octanol–water partition coefficient (Wildman–Crippen LogP) is 1.20. The van der Waals surface area contributed by atoms with E-state index in [0.717, 1.165) is 19.3 Å². The Bertz CT molecular complexity index is 143. The van der Waals surface area contributed by atoms with Gasteiger partial charge in [-0.1, -0.05) is 6.92 Å². The Labute approximate surface area is 73.5 Å². The third-order valence-corrected chi connectivity index (χ3v) is 1.43. The molecule has 0 fully saturated rings. The first kappa shape index (κ1) is 11.3. The van der Waals surface area contributed by atoms with Crippen molar-refractivity contribution in [2.24, 2.45) is 4.99 Å². The number of carbonyl (C=O) groups is 1. The van der Waals surface area contributed by atoms with Crippen molar-refractivity contribution in [1.82, 2.24) is 0 Å². The van der Waals surface area contributed by atoms with Gasteiger partial charge in [-0.25, -0.2) is 0 Å². The third kappa shape index (κ3) is 7.41. The molecule has 3 heteroatoms. The smallest absolute Gasteiger partial charge is 0.173 e. The summed E-state index contributed by atoms with van der Waals surface area (Å²) in [7, 11) is 0. The van der Waals surface area contributed by atoms with Gasteiger partial charge in [0, 0.05) is 19.6 Å². The fourth-order valence-electron chi connectivity index (χ4n) is 0.792. The highest BCUT2D eigenvalue weighted by Crippen LogP contribution is 1.89. The van der Waals surface area contributed by atoms with Gasteiger partial charge in [0.25, 0.3) is 0 Å². The summed E-state index contributed by atoms with van der Waals surface area (Å²) in [5.74, 6) is 0.0986. The molecular formula is C9H17NO2. The van der Waals surface area contributed by atoms with E-state index in [0.29, 0.717) is 13.0 Å². The van der Waals surface area contributed by atoms with Crippen LogP contribution in [0.2, 0.25) is 0 Å². The Balaban J connectivity index is 3.29. The van der Waals surface area contributed by atoms with E-state index in [9.17, 15) is 4.79 Å². The molecule has 0 heterocycles. The number of hydrogen-bond acceptors (Lipinski definition) is 3. The van der Waals surface area contributed by atoms with E-state index in [1.54, 1.807) is 0 Å². The van der Waals surface area contributed by atoms with Crippen molar-refractivity contribution in [1.29, 1.82) is 0 Å². The zero-order valence-corrected chi connectivity index (χ0v) is 7.62. The van der Waals surface area contributed by atoms with E-state index >= 15 is 0 Å². The molecule has 0 unspecified atom stereocenters. The Morgan fingerprint density at radius 3 is 2.83 bits per heavy atom. The first-order valence-corrected chi connectivity index (χ1v) is 4.44. The molecule has 0 aliphatic heterocycles. The molecule has 70 valence electrons. The summed E-state index contributed by atoms with van der Waals surface area (Å²) in [5.41, 5.74) is 0. The van der Waals surface area contributed by atoms with Gasteiger partial charge in [0.15, 0.2) is 5.78 Å². The number of aliphatic hydroxyl groups is 1. The van der Waals surface area contributed by atoms with Gasteiger partial charge in [-0.3, -0.25) is 9.79 Å². The summed E-state index contributed by atoms with van der Waals surface area (Å²) in [6.07, 6.45) is 4.48. The van der Waals surface area contributed by atoms with E-state index in [1.165, 1.54) is 6.21 Å². The molecule has 0 rings (SSSR count). The Morgan fingerprint density at radius 1 is 1.50 bits per heavy atom. The Hall–Kier alpha value is -0.700. The topological polar surface area (TPSA) is 49.7 Å². The lowest BCUT2D eigenvalue weighted by Gasteiger charge is -1.91. The van der Waals surface area contributed by atoms with Crippen LogP contribution in [0.25, 0.3) is 0 Å². The maximum absolute atomic E-state index is 10.9. The number of unbranched alkanes of at least 4 members (excludes halogenated alkanes) is 1. The number of aliphatic imine (C=N–C) groups is 1. The molecule has 0 saturated carbocycles. The largest absolute Gasteiger partial charge is 0.396 e. The van der Waals surface area contributed by atoms with Crippen molar-refractivity contribution in [3.05, 3.63) is 0 Å². The van der Waals surface area contributed by atoms with Crippen LogP contribution in [0.15, 0.2) is 4.99 Å². The van der Waals surface area contributed by atoms with Crippen LogP contribution in [0.5, 0.6) is 0 Å². The van der Waals surface area contributed by atoms with Gasteiger partial charge in [-0.05, 0) is 19.3 Å². The number of Topliss-reactive ketones (excluding diaryl/α,β-unsaturated/α-hetero) is 1. The predicted molar refractivity (Wildman–Crippen MR) is 49.6 cm³/mol. The molecule has 0 aromatic rings. The molecule has 0 aromatic carbocycles. The summed E-state index contributed by atoms with van der Waals surface area (Å²) in [6.45, 7) is 2.83. The lowest BCUT2D eigenvalue weighted by atomic mass is 10.2. The van der Waals surface area contributed by atoms with Crippen LogP contribution in [0, 0.1) is 0 Å². The summed E-state index contributed by atoms with van der Waals surface area (Å²) >= 11 is 0. The van der Waals surface area contributed by atoms with Crippen LogP contribution < -0.4 is 0 Å². The highest BCUT2D eigenvalue weighted by molar-refractivity contribution is 6.27. The van der Waals surface area contributed by atoms with Crippen molar-refractivity contribution in [3.8, 4) is 0 Å². The minimum absolute atomic E-state index is 0.0986. The SMILES string of the molecule is CCCC(=O)C=NCCCCO. The molecule has 0 radical (unpaired) electrons. The van der Waals surface area contributed by atoms with Crippen LogP contribution in [0.3, 0.4) is 0 Å². The summed E-state index contributed by atoms with van der Waals surface area (Å²) in [4.78, 5) is 14.8. The van der Waals surface area contributed by atoms with Gasteiger partial charge < -0.3 is 5.11 Å². The van der Waals surface area contributed by atoms with Gasteiger partial charge in [-0.2, -0.15) is 0 Å². The van der Waals surface area contributed by atoms with Crippen LogP contribution in [-0.2, 0) is 4.79 Å². The van der Waals surface area contributed by atoms with Gasteiger partial charge in [-0.15, -0.1) is 0 Å². The molecule has 3 nitrogen and oxygen atoms in total. The Kier molecular flexibility index (Phi) is 7.91. The maximum atomic E-state index is 10.9. The van der Waals surface area contributed by atoms with Crippen LogP contribution in [0.4, 0.5) is 0 Å². The molecule has 0 atom stereocenters. The highest BCUT2D eigenvalue weighted by atomic mass is 16.2. The molecule has 0 aromatic heterocycles. The zero-order chi connectivity index (χ0) is 9.23. The monoisotopic (exact) mass is 171 g/mol. The first-order chi connectivity index (χ1) is 5.81. The number of aliphatic hydroxyl groups excluding tert-OH is 1. The second kappa shape index (κ2) is 8.40. The van der Waals surface area contributed by atoms with Crippen molar-refractivity contribution >= 4 is 12.0 Å². The quantitative estimate of drug-likeness (QED) is 0.462. The molecule has 12 heavy (non-hydrogen) atoms. The van der Waals surface area contributed by atoms with Gasteiger partial charge in [0.2, 0.25) is 0 Å². The Morgan fingerprint density at radius 2 is 2.25 bits per heavy atom. The first-order valence-electron chi connectivity index (χ1n) is 4.44. The van der Waals surface area contributed by atoms with Crippen molar-refractivity contribution in [3.63, 3.8) is 0 Å². The van der Waals surface area contributed by atoms with E-state index in [1.807, 2.05) is 6.92 Å². The molecule has 0 aliphatic rings. The summed E-state index contributed by atoms with van der Waals surface area (Å²) in [6, 6.07) is 0. The molecule has 0 saturated heterocycles. The highest BCUT2D eigenvalue weighted by Gasteiger charge is 1.92. The number of carbonyl (C=O) groups excluding carboxylic acids is 1. The normalized spacial score (nSPS) is 10.8. The van der Waals surface area contributed by atoms with Crippen LogP contribution >= 0.6 is 0 Å². The number of nitrogens with zero attached hydrogens (tertiary/aromatic N) is 1. The lowest BCUT2D eigenvalue weighted by molar-refractivity contribution is -0.112. The zero-order valence-electron chi connectivity index (χ0n) is 7.62. The van der Waals surface area contributed by atoms with E-state index < -0.39 is 0 Å². The molecule has 1 N–H and O–H groups in total. The molecule has 0 bridgehead atoms. The average Bonchev–Trinajstić information content (AvgIpc) is 2.05. The lowest BCUT2D eigenvalue weighted by Crippen LogP contribution is -1.98. The number of ketones is 1. The van der Waals surface area contributed by atoms with Crippen molar-refractivity contribution in [2.45, 2.75) is 32.6 Å². The standard InChI is InChI=1S/C9H17NO2/c1-2-5-9(12)8-10-6-3-4-7-11/h8,11H,2-7H2,1H3. The van der Waals surface area contributed by atoms with E-state index in [4.69, 9.17) is 5.11 Å². The summed E-state index contributed by atoms with van der Waals surface area (Å²) in [5, 5.41) is 8.44. The maximum Gasteiger partial charge on any atom is 0.173 e. The van der Waals surface area contributed by atoms with Gasteiger partial charge in [0.05, 0.1) is 6.21 Å². The minimum atomic E-state index is 0.0986. The second-order valence-corrected chi connectivity index (χ2v) is 2.68. The van der Waals surface area contributed by atoms with Crippen LogP contribution in [0.1, 0.15) is 32.6 Å². The van der Waals surface area contributed by atoms with Gasteiger partial charge >= 0.3 is 0 Å². The van der Waals surface area contributed by atoms with E-state index in [2.05, 4.69) is 4.99 Å². The summed E-state index contributed by atoms with van der Waals surface area (Å²) < 4.78 is 0. The molecular weight excluding hydrogens is 154 g/mol. The fraction of sp³-hybridized carbons (Fsp3) is 0.778. The molecule has 0 spiro atoms. The van der Waals surface area contributed by atoms with Gasteiger partial charge in [0.1, 0.15) is 0 Å². The molecule has 0 aliphatic carbocycles. The van der Waals surface area contributed by atoms with E-state index in [-0.39, 0.29) is 12.4 Å². The minimum Gasteiger partial charge on any atom is -0.396 e. The van der Waals surface area contributed by atoms with Crippen molar-refractivity contribution in [2.75, 3.05) is 13.2 Å². The number of rotatable bonds is 7. The second-order valence-electron chi connectivity index (χ2n) is 2.68. The number of hydrogen-bond donors (Lipinski definition) is 1. The third-order valence-electron chi connectivity index (χ3n) is 1.43. The molecule has 0 amide bonds. The fourth-order valence-corrected chi connectivity index (χ4v) is 0.792.